The molecule has 17 heavy (non-hydrogen) atoms. The zero-order valence-electron chi connectivity index (χ0n) is 10.6. The summed E-state index contributed by atoms with van der Waals surface area (Å²) >= 11 is 0. The number of aromatic nitrogens is 1. The fraction of sp³-hybridized carbons (Fsp3) is 0.312. The van der Waals surface area contributed by atoms with E-state index in [0.717, 1.165) is 11.6 Å². The summed E-state index contributed by atoms with van der Waals surface area (Å²) in [5.74, 6) is 0.769. The molecule has 0 aliphatic rings. The van der Waals surface area contributed by atoms with Crippen molar-refractivity contribution in [3.8, 4) is 11.3 Å². The molecule has 0 amide bonds. The number of aryl methyl sites for hydroxylation is 1. The summed E-state index contributed by atoms with van der Waals surface area (Å²) in [5, 5.41) is 0. The van der Waals surface area contributed by atoms with Crippen molar-refractivity contribution < 1.29 is 0 Å². The zero-order valence-corrected chi connectivity index (χ0v) is 10.6. The van der Waals surface area contributed by atoms with Crippen molar-refractivity contribution in [1.82, 2.24) is 4.98 Å². The maximum Gasteiger partial charge on any atom is 0.0701 e. The molecule has 0 bridgehead atoms. The highest BCUT2D eigenvalue weighted by Gasteiger charge is 2.00. The van der Waals surface area contributed by atoms with Gasteiger partial charge in [0.15, 0.2) is 0 Å². The Bertz CT molecular complexity index is 443. The van der Waals surface area contributed by atoms with E-state index in [1.165, 1.54) is 24.0 Å². The Hall–Kier alpha value is -1.63. The van der Waals surface area contributed by atoms with Gasteiger partial charge in [0, 0.05) is 11.8 Å². The summed E-state index contributed by atoms with van der Waals surface area (Å²) in [6.07, 6.45) is 4.26. The molecule has 1 heteroatoms. The molecule has 1 aromatic heterocycles. The van der Waals surface area contributed by atoms with Gasteiger partial charge in [-0.05, 0) is 36.5 Å². The van der Waals surface area contributed by atoms with E-state index in [2.05, 4.69) is 43.1 Å². The Morgan fingerprint density at radius 3 is 2.35 bits per heavy atom. The first-order valence-corrected chi connectivity index (χ1v) is 6.26. The largest absolute Gasteiger partial charge is 0.256 e. The second-order valence-corrected chi connectivity index (χ2v) is 4.84. The molecule has 0 spiro atoms. The monoisotopic (exact) mass is 225 g/mol. The predicted molar refractivity (Wildman–Crippen MR) is 72.8 cm³/mol. The van der Waals surface area contributed by atoms with Crippen molar-refractivity contribution in [2.45, 2.75) is 26.7 Å². The van der Waals surface area contributed by atoms with Crippen LogP contribution < -0.4 is 0 Å². The molecule has 0 unspecified atom stereocenters. The lowest BCUT2D eigenvalue weighted by Gasteiger charge is -2.06. The summed E-state index contributed by atoms with van der Waals surface area (Å²) in [5.41, 5.74) is 3.65. The molecule has 0 atom stereocenters. The van der Waals surface area contributed by atoms with Crippen LogP contribution >= 0.6 is 0 Å². The van der Waals surface area contributed by atoms with E-state index in [1.54, 1.807) is 0 Å². The molecule has 0 saturated carbocycles. The molecule has 0 fully saturated rings. The smallest absolute Gasteiger partial charge is 0.0701 e. The molecular weight excluding hydrogens is 206 g/mol. The molecule has 2 aromatic rings. The van der Waals surface area contributed by atoms with Crippen LogP contribution in [-0.4, -0.2) is 4.98 Å². The molecule has 0 aliphatic carbocycles. The second kappa shape index (κ2) is 5.62. The molecule has 1 heterocycles. The van der Waals surface area contributed by atoms with Crippen LogP contribution in [0.3, 0.4) is 0 Å². The lowest BCUT2D eigenvalue weighted by Crippen LogP contribution is -1.92. The van der Waals surface area contributed by atoms with E-state index in [9.17, 15) is 0 Å². The van der Waals surface area contributed by atoms with Crippen LogP contribution in [0.2, 0.25) is 0 Å². The Morgan fingerprint density at radius 1 is 1.00 bits per heavy atom. The Labute approximate surface area is 104 Å². The summed E-state index contributed by atoms with van der Waals surface area (Å²) in [7, 11) is 0. The third kappa shape index (κ3) is 3.42. The van der Waals surface area contributed by atoms with Crippen LogP contribution in [0.5, 0.6) is 0 Å². The van der Waals surface area contributed by atoms with E-state index < -0.39 is 0 Å². The van der Waals surface area contributed by atoms with Gasteiger partial charge in [-0.15, -0.1) is 0 Å². The molecule has 0 N–H and O–H groups in total. The Morgan fingerprint density at radius 2 is 1.76 bits per heavy atom. The summed E-state index contributed by atoms with van der Waals surface area (Å²) in [4.78, 5) is 4.35. The highest BCUT2D eigenvalue weighted by Crippen LogP contribution is 2.18. The highest BCUT2D eigenvalue weighted by molar-refractivity contribution is 5.58. The maximum atomic E-state index is 4.35. The maximum absolute atomic E-state index is 4.35. The van der Waals surface area contributed by atoms with Gasteiger partial charge in [-0.3, -0.25) is 4.98 Å². The summed E-state index contributed by atoms with van der Waals surface area (Å²) < 4.78 is 0. The molecule has 0 radical (unpaired) electrons. The minimum atomic E-state index is 0.769. The van der Waals surface area contributed by atoms with Crippen LogP contribution in [0.4, 0.5) is 0 Å². The average molecular weight is 225 g/mol. The van der Waals surface area contributed by atoms with Gasteiger partial charge in [0.05, 0.1) is 5.69 Å². The van der Waals surface area contributed by atoms with Crippen molar-refractivity contribution in [2.24, 2.45) is 5.92 Å². The standard InChI is InChI=1S/C16H19N/c1-13(2)6-7-14-8-10-15(11-9-14)16-5-3-4-12-17-16/h3-5,8-13H,6-7H2,1-2H3. The van der Waals surface area contributed by atoms with Gasteiger partial charge in [-0.1, -0.05) is 44.2 Å². The van der Waals surface area contributed by atoms with E-state index in [0.29, 0.717) is 0 Å². The van der Waals surface area contributed by atoms with Gasteiger partial charge in [-0.25, -0.2) is 0 Å². The van der Waals surface area contributed by atoms with Gasteiger partial charge in [0.2, 0.25) is 0 Å². The number of hydrogen-bond acceptors (Lipinski definition) is 1. The molecule has 0 saturated heterocycles. The lowest BCUT2D eigenvalue weighted by atomic mass is 10.0. The van der Waals surface area contributed by atoms with E-state index in [-0.39, 0.29) is 0 Å². The average Bonchev–Trinajstić information content (AvgIpc) is 2.38. The van der Waals surface area contributed by atoms with Gasteiger partial charge >= 0.3 is 0 Å². The predicted octanol–water partition coefficient (Wildman–Crippen LogP) is 4.34. The first-order valence-electron chi connectivity index (χ1n) is 6.26. The van der Waals surface area contributed by atoms with Gasteiger partial charge in [0.25, 0.3) is 0 Å². The van der Waals surface area contributed by atoms with Crippen molar-refractivity contribution in [3.63, 3.8) is 0 Å². The lowest BCUT2D eigenvalue weighted by molar-refractivity contribution is 0.587. The molecule has 0 aliphatic heterocycles. The van der Waals surface area contributed by atoms with Crippen LogP contribution in [0.15, 0.2) is 48.7 Å². The van der Waals surface area contributed by atoms with E-state index >= 15 is 0 Å². The minimum Gasteiger partial charge on any atom is -0.256 e. The molecular formula is C16H19N. The molecule has 1 nitrogen and oxygen atoms in total. The normalized spacial score (nSPS) is 10.8. The quantitative estimate of drug-likeness (QED) is 0.754. The van der Waals surface area contributed by atoms with Crippen LogP contribution in [-0.2, 0) is 6.42 Å². The zero-order chi connectivity index (χ0) is 12.1. The van der Waals surface area contributed by atoms with Crippen LogP contribution in [0.25, 0.3) is 11.3 Å². The summed E-state index contributed by atoms with van der Waals surface area (Å²) in [6, 6.07) is 14.8. The number of nitrogens with zero attached hydrogens (tertiary/aromatic N) is 1. The number of rotatable bonds is 4. The van der Waals surface area contributed by atoms with Gasteiger partial charge < -0.3 is 0 Å². The van der Waals surface area contributed by atoms with Gasteiger partial charge in [-0.2, -0.15) is 0 Å². The van der Waals surface area contributed by atoms with Gasteiger partial charge in [0.1, 0.15) is 0 Å². The molecule has 1 aromatic carbocycles. The fourth-order valence-electron chi connectivity index (χ4n) is 1.83. The first-order chi connectivity index (χ1) is 8.25. The first kappa shape index (κ1) is 11.8. The van der Waals surface area contributed by atoms with E-state index in [1.807, 2.05) is 24.4 Å². The summed E-state index contributed by atoms with van der Waals surface area (Å²) in [6.45, 7) is 4.53. The van der Waals surface area contributed by atoms with Crippen LogP contribution in [0, 0.1) is 5.92 Å². The second-order valence-electron chi connectivity index (χ2n) is 4.84. The van der Waals surface area contributed by atoms with Crippen molar-refractivity contribution in [3.05, 3.63) is 54.2 Å². The van der Waals surface area contributed by atoms with Crippen molar-refractivity contribution in [2.75, 3.05) is 0 Å². The third-order valence-electron chi connectivity index (χ3n) is 2.92. The Kier molecular flexibility index (Phi) is 3.92. The molecule has 88 valence electrons. The minimum absolute atomic E-state index is 0.769. The fourth-order valence-corrected chi connectivity index (χ4v) is 1.83. The Balaban J connectivity index is 2.08. The number of hydrogen-bond donors (Lipinski definition) is 0. The number of benzene rings is 1. The van der Waals surface area contributed by atoms with E-state index in [4.69, 9.17) is 0 Å². The third-order valence-corrected chi connectivity index (χ3v) is 2.92. The van der Waals surface area contributed by atoms with Crippen molar-refractivity contribution in [1.29, 1.82) is 0 Å². The SMILES string of the molecule is CC(C)CCc1ccc(-c2ccccn2)cc1. The topological polar surface area (TPSA) is 12.9 Å². The van der Waals surface area contributed by atoms with Crippen molar-refractivity contribution >= 4 is 0 Å². The number of pyridine rings is 1. The highest BCUT2D eigenvalue weighted by atomic mass is 14.7. The van der Waals surface area contributed by atoms with Crippen LogP contribution in [0.1, 0.15) is 25.8 Å². The molecule has 2 rings (SSSR count).